The van der Waals surface area contributed by atoms with Crippen LogP contribution in [0.4, 0.5) is 0 Å². The minimum atomic E-state index is -0.0162. The van der Waals surface area contributed by atoms with Gasteiger partial charge in [0.1, 0.15) is 4.49 Å². The molecule has 0 aromatic rings. The van der Waals surface area contributed by atoms with Gasteiger partial charge in [-0.1, -0.05) is 30.1 Å². The zero-order chi connectivity index (χ0) is 7.28. The fourth-order valence-electron chi connectivity index (χ4n) is 0.440. The van der Waals surface area contributed by atoms with E-state index in [9.17, 15) is 4.79 Å². The molecule has 0 spiro atoms. The average Bonchev–Trinajstić information content (AvgIpc) is 1.63. The predicted molar refractivity (Wildman–Crippen MR) is 39.7 cm³/mol. The molecule has 0 unspecified atom stereocenters. The van der Waals surface area contributed by atoms with E-state index in [1.807, 2.05) is 6.92 Å². The topological polar surface area (TPSA) is 17.1 Å². The van der Waals surface area contributed by atoms with Crippen molar-refractivity contribution in [3.8, 4) is 0 Å². The summed E-state index contributed by atoms with van der Waals surface area (Å²) in [5.41, 5.74) is 0. The van der Waals surface area contributed by atoms with Gasteiger partial charge >= 0.3 is 0 Å². The molecule has 3 heteroatoms. The van der Waals surface area contributed by atoms with Gasteiger partial charge in [0, 0.05) is 12.5 Å². The summed E-state index contributed by atoms with van der Waals surface area (Å²) in [6, 6.07) is 0. The van der Waals surface area contributed by atoms with Crippen molar-refractivity contribution in [2.24, 2.45) is 0 Å². The minimum absolute atomic E-state index is 0.0162. The van der Waals surface area contributed by atoms with Crippen LogP contribution >= 0.6 is 23.2 Å². The molecule has 0 heterocycles. The number of carbonyl (C=O) groups is 1. The molecule has 0 atom stereocenters. The largest absolute Gasteiger partial charge is 0.295 e. The highest BCUT2D eigenvalue weighted by molar-refractivity contribution is 6.56. The van der Waals surface area contributed by atoms with Crippen molar-refractivity contribution < 1.29 is 4.79 Å². The van der Waals surface area contributed by atoms with Crippen molar-refractivity contribution in [1.29, 1.82) is 0 Å². The molecule has 52 valence electrons. The quantitative estimate of drug-likeness (QED) is 0.590. The highest BCUT2D eigenvalue weighted by Gasteiger charge is 1.94. The SMILES string of the molecule is CCCC(=O)C=C(Cl)Cl. The summed E-state index contributed by atoms with van der Waals surface area (Å²) in [5, 5.41) is 0. The number of ketones is 1. The Balaban J connectivity index is 3.63. The summed E-state index contributed by atoms with van der Waals surface area (Å²) >= 11 is 10.4. The van der Waals surface area contributed by atoms with E-state index in [0.717, 1.165) is 6.42 Å². The van der Waals surface area contributed by atoms with Crippen molar-refractivity contribution in [1.82, 2.24) is 0 Å². The molecule has 0 amide bonds. The fraction of sp³-hybridized carbons (Fsp3) is 0.500. The zero-order valence-corrected chi connectivity index (χ0v) is 6.67. The van der Waals surface area contributed by atoms with E-state index in [1.54, 1.807) is 0 Å². The number of hydrogen-bond donors (Lipinski definition) is 0. The van der Waals surface area contributed by atoms with E-state index in [4.69, 9.17) is 23.2 Å². The molecule has 1 nitrogen and oxygen atoms in total. The second-order valence-corrected chi connectivity index (χ2v) is 2.66. The Morgan fingerprint density at radius 2 is 2.11 bits per heavy atom. The molecule has 0 saturated heterocycles. The van der Waals surface area contributed by atoms with Gasteiger partial charge in [-0.3, -0.25) is 4.79 Å². The highest BCUT2D eigenvalue weighted by Crippen LogP contribution is 2.06. The second-order valence-electron chi connectivity index (χ2n) is 1.65. The Morgan fingerprint density at radius 1 is 1.56 bits per heavy atom. The Bertz CT molecular complexity index is 125. The molecule has 0 saturated carbocycles. The van der Waals surface area contributed by atoms with Crippen LogP contribution in [-0.2, 0) is 4.79 Å². The Hall–Kier alpha value is -0.0100. The molecular weight excluding hydrogens is 159 g/mol. The normalized spacial score (nSPS) is 8.78. The van der Waals surface area contributed by atoms with Crippen LogP contribution in [0.5, 0.6) is 0 Å². The summed E-state index contributed by atoms with van der Waals surface area (Å²) in [7, 11) is 0. The van der Waals surface area contributed by atoms with Crippen LogP contribution in [-0.4, -0.2) is 5.78 Å². The van der Waals surface area contributed by atoms with E-state index >= 15 is 0 Å². The van der Waals surface area contributed by atoms with Gasteiger partial charge in [-0.15, -0.1) is 0 Å². The summed E-state index contributed by atoms with van der Waals surface area (Å²) < 4.78 is 0.0356. The van der Waals surface area contributed by atoms with Gasteiger partial charge in [-0.25, -0.2) is 0 Å². The van der Waals surface area contributed by atoms with Crippen molar-refractivity contribution >= 4 is 29.0 Å². The first-order chi connectivity index (χ1) is 4.16. The van der Waals surface area contributed by atoms with E-state index in [0.29, 0.717) is 6.42 Å². The third-order valence-corrected chi connectivity index (χ3v) is 0.985. The Labute approximate surface area is 64.6 Å². The Kier molecular flexibility index (Phi) is 4.83. The van der Waals surface area contributed by atoms with E-state index in [-0.39, 0.29) is 10.3 Å². The number of hydrogen-bond acceptors (Lipinski definition) is 1. The highest BCUT2D eigenvalue weighted by atomic mass is 35.5. The van der Waals surface area contributed by atoms with Gasteiger partial charge in [0.2, 0.25) is 0 Å². The van der Waals surface area contributed by atoms with Crippen LogP contribution in [0.15, 0.2) is 10.6 Å². The molecule has 0 radical (unpaired) electrons. The van der Waals surface area contributed by atoms with Crippen LogP contribution in [0.3, 0.4) is 0 Å². The summed E-state index contributed by atoms with van der Waals surface area (Å²) in [6.07, 6.45) is 2.58. The minimum Gasteiger partial charge on any atom is -0.295 e. The first kappa shape index (κ1) is 8.99. The first-order valence-corrected chi connectivity index (χ1v) is 3.48. The molecule has 0 N–H and O–H groups in total. The predicted octanol–water partition coefficient (Wildman–Crippen LogP) is 2.67. The fourth-order valence-corrected chi connectivity index (χ4v) is 0.684. The molecule has 0 bridgehead atoms. The summed E-state index contributed by atoms with van der Waals surface area (Å²) in [6.45, 7) is 1.92. The zero-order valence-electron chi connectivity index (χ0n) is 5.16. The van der Waals surface area contributed by atoms with Crippen molar-refractivity contribution in [3.63, 3.8) is 0 Å². The van der Waals surface area contributed by atoms with E-state index in [1.165, 1.54) is 6.08 Å². The smallest absolute Gasteiger partial charge is 0.158 e. The van der Waals surface area contributed by atoms with E-state index in [2.05, 4.69) is 0 Å². The van der Waals surface area contributed by atoms with Crippen LogP contribution < -0.4 is 0 Å². The maximum atomic E-state index is 10.6. The molecule has 0 aliphatic carbocycles. The maximum absolute atomic E-state index is 10.6. The van der Waals surface area contributed by atoms with Crippen molar-refractivity contribution in [2.75, 3.05) is 0 Å². The first-order valence-electron chi connectivity index (χ1n) is 2.72. The molecule has 0 aromatic heterocycles. The van der Waals surface area contributed by atoms with Gasteiger partial charge in [-0.05, 0) is 6.42 Å². The van der Waals surface area contributed by atoms with Gasteiger partial charge in [0.25, 0.3) is 0 Å². The molecule has 0 fully saturated rings. The molecule has 0 rings (SSSR count). The van der Waals surface area contributed by atoms with Gasteiger partial charge in [0.05, 0.1) is 0 Å². The lowest BCUT2D eigenvalue weighted by atomic mass is 10.2. The lowest BCUT2D eigenvalue weighted by Gasteiger charge is -1.86. The Morgan fingerprint density at radius 3 is 2.44 bits per heavy atom. The lowest BCUT2D eigenvalue weighted by Crippen LogP contribution is -1.89. The third kappa shape index (κ3) is 5.87. The van der Waals surface area contributed by atoms with Gasteiger partial charge < -0.3 is 0 Å². The number of halogens is 2. The summed E-state index contributed by atoms with van der Waals surface area (Å²) in [4.78, 5) is 10.6. The molecule has 0 aromatic carbocycles. The molecule has 9 heavy (non-hydrogen) atoms. The second kappa shape index (κ2) is 4.83. The molecular formula is C6H8Cl2O. The number of allylic oxidation sites excluding steroid dienone is 1. The maximum Gasteiger partial charge on any atom is 0.158 e. The van der Waals surface area contributed by atoms with Gasteiger partial charge in [0.15, 0.2) is 5.78 Å². The standard InChI is InChI=1S/C6H8Cl2O/c1-2-3-5(9)4-6(7)8/h4H,2-3H2,1H3. The van der Waals surface area contributed by atoms with Crippen molar-refractivity contribution in [3.05, 3.63) is 10.6 Å². The van der Waals surface area contributed by atoms with E-state index < -0.39 is 0 Å². The average molecular weight is 167 g/mol. The van der Waals surface area contributed by atoms with Crippen LogP contribution in [0.1, 0.15) is 19.8 Å². The van der Waals surface area contributed by atoms with Crippen molar-refractivity contribution in [2.45, 2.75) is 19.8 Å². The molecule has 0 aliphatic rings. The van der Waals surface area contributed by atoms with Crippen LogP contribution in [0.2, 0.25) is 0 Å². The third-order valence-electron chi connectivity index (χ3n) is 0.766. The van der Waals surface area contributed by atoms with Gasteiger partial charge in [-0.2, -0.15) is 0 Å². The number of carbonyl (C=O) groups excluding carboxylic acids is 1. The number of rotatable bonds is 3. The van der Waals surface area contributed by atoms with Crippen LogP contribution in [0.25, 0.3) is 0 Å². The lowest BCUT2D eigenvalue weighted by molar-refractivity contribution is -0.114. The monoisotopic (exact) mass is 166 g/mol. The molecule has 0 aliphatic heterocycles. The summed E-state index contributed by atoms with van der Waals surface area (Å²) in [5.74, 6) is -0.0162. The van der Waals surface area contributed by atoms with Crippen LogP contribution in [0, 0.1) is 0 Å².